The second-order valence-corrected chi connectivity index (χ2v) is 11.1. The number of oxazole rings is 1. The average molecular weight is 564 g/mol. The quantitative estimate of drug-likeness (QED) is 0.237. The number of hydrogen-bond acceptors (Lipinski definition) is 6. The molecule has 216 valence electrons. The standard InChI is InChI=1S/C34H37N5O3/c1-24-8-5-6-12-30(24)38-18-20-39(21-19-38)31-16-15-27(32(40)35-17-7-11-25-9-3-2-4-10-25)22-28(31)36-33(41)29-23-42-34(37-29)26-13-14-26/h2-6,8-10,12,15-16,22-23,26H,7,11,13-14,17-21H2,1H3,(H,35,40)(H,36,41). The summed E-state index contributed by atoms with van der Waals surface area (Å²) in [7, 11) is 0. The largest absolute Gasteiger partial charge is 0.448 e. The second kappa shape index (κ2) is 12.5. The number of amides is 2. The van der Waals surface area contributed by atoms with Gasteiger partial charge in [-0.15, -0.1) is 0 Å². The Balaban J connectivity index is 1.16. The highest BCUT2D eigenvalue weighted by Gasteiger charge is 2.30. The highest BCUT2D eigenvalue weighted by molar-refractivity contribution is 6.06. The van der Waals surface area contributed by atoms with Crippen LogP contribution in [0, 0.1) is 6.92 Å². The third kappa shape index (κ3) is 6.48. The van der Waals surface area contributed by atoms with Gasteiger partial charge in [-0.3, -0.25) is 9.59 Å². The number of nitrogens with one attached hydrogen (secondary N) is 2. The summed E-state index contributed by atoms with van der Waals surface area (Å²) >= 11 is 0. The minimum Gasteiger partial charge on any atom is -0.448 e. The van der Waals surface area contributed by atoms with Crippen LogP contribution in [0.4, 0.5) is 17.1 Å². The number of aromatic nitrogens is 1. The summed E-state index contributed by atoms with van der Waals surface area (Å²) in [4.78, 5) is 35.4. The molecule has 0 bridgehead atoms. The monoisotopic (exact) mass is 563 g/mol. The van der Waals surface area contributed by atoms with Gasteiger partial charge in [0.25, 0.3) is 11.8 Å². The average Bonchev–Trinajstić information content (AvgIpc) is 3.76. The van der Waals surface area contributed by atoms with Crippen LogP contribution in [-0.4, -0.2) is 49.5 Å². The first-order chi connectivity index (χ1) is 20.5. The molecule has 4 aromatic rings. The lowest BCUT2D eigenvalue weighted by molar-refractivity contribution is 0.0951. The minimum atomic E-state index is -0.342. The lowest BCUT2D eigenvalue weighted by Crippen LogP contribution is -2.47. The van der Waals surface area contributed by atoms with Crippen molar-refractivity contribution < 1.29 is 14.0 Å². The molecule has 2 aliphatic rings. The predicted molar refractivity (Wildman–Crippen MR) is 166 cm³/mol. The molecular formula is C34H37N5O3. The van der Waals surface area contributed by atoms with Crippen LogP contribution < -0.4 is 20.4 Å². The maximum absolute atomic E-state index is 13.2. The molecule has 3 aromatic carbocycles. The smallest absolute Gasteiger partial charge is 0.277 e. The van der Waals surface area contributed by atoms with Gasteiger partial charge >= 0.3 is 0 Å². The van der Waals surface area contributed by atoms with Crippen molar-refractivity contribution in [3.8, 4) is 0 Å². The summed E-state index contributed by atoms with van der Waals surface area (Å²) < 4.78 is 5.55. The Labute approximate surface area is 246 Å². The molecule has 2 amide bonds. The van der Waals surface area contributed by atoms with Crippen molar-refractivity contribution >= 4 is 28.9 Å². The van der Waals surface area contributed by atoms with E-state index < -0.39 is 0 Å². The van der Waals surface area contributed by atoms with E-state index in [4.69, 9.17) is 4.42 Å². The summed E-state index contributed by atoms with van der Waals surface area (Å²) in [6.45, 7) is 6.00. The van der Waals surface area contributed by atoms with E-state index in [1.807, 2.05) is 30.3 Å². The molecule has 0 spiro atoms. The Bertz CT molecular complexity index is 1540. The number of nitrogens with zero attached hydrogens (tertiary/aromatic N) is 3. The first-order valence-corrected chi connectivity index (χ1v) is 14.8. The molecule has 0 atom stereocenters. The fourth-order valence-electron chi connectivity index (χ4n) is 5.50. The molecule has 2 fully saturated rings. The van der Waals surface area contributed by atoms with Gasteiger partial charge < -0.3 is 24.9 Å². The first kappa shape index (κ1) is 27.6. The number of carbonyl (C=O) groups is 2. The van der Waals surface area contributed by atoms with Crippen molar-refractivity contribution in [3.05, 3.63) is 107 Å². The van der Waals surface area contributed by atoms with Crippen LogP contribution in [0.5, 0.6) is 0 Å². The molecule has 1 aromatic heterocycles. The van der Waals surface area contributed by atoms with Crippen molar-refractivity contribution in [2.24, 2.45) is 0 Å². The van der Waals surface area contributed by atoms with Gasteiger partial charge in [0.05, 0.1) is 11.4 Å². The van der Waals surface area contributed by atoms with E-state index in [2.05, 4.69) is 68.7 Å². The van der Waals surface area contributed by atoms with Crippen molar-refractivity contribution in [2.45, 2.75) is 38.5 Å². The van der Waals surface area contributed by atoms with Crippen LogP contribution >= 0.6 is 0 Å². The van der Waals surface area contributed by atoms with Gasteiger partial charge in [0, 0.05) is 49.9 Å². The summed E-state index contributed by atoms with van der Waals surface area (Å²) in [5.74, 6) is 0.440. The summed E-state index contributed by atoms with van der Waals surface area (Å²) in [6.07, 6.45) is 5.26. The topological polar surface area (TPSA) is 90.7 Å². The van der Waals surface area contributed by atoms with Gasteiger partial charge in [-0.1, -0.05) is 48.5 Å². The summed E-state index contributed by atoms with van der Waals surface area (Å²) in [5.41, 5.74) is 6.01. The Morgan fingerprint density at radius 3 is 2.33 bits per heavy atom. The zero-order chi connectivity index (χ0) is 28.9. The second-order valence-electron chi connectivity index (χ2n) is 11.1. The molecule has 1 saturated heterocycles. The number of rotatable bonds is 10. The number of aryl methyl sites for hydroxylation is 2. The van der Waals surface area contributed by atoms with Crippen LogP contribution in [0.15, 0.2) is 83.5 Å². The third-order valence-electron chi connectivity index (χ3n) is 8.04. The first-order valence-electron chi connectivity index (χ1n) is 14.8. The molecule has 6 rings (SSSR count). The molecule has 0 radical (unpaired) electrons. The lowest BCUT2D eigenvalue weighted by Gasteiger charge is -2.38. The maximum atomic E-state index is 13.2. The van der Waals surface area contributed by atoms with Crippen molar-refractivity contribution in [1.29, 1.82) is 0 Å². The van der Waals surface area contributed by atoms with Gasteiger partial charge in [0.2, 0.25) is 0 Å². The molecule has 2 heterocycles. The zero-order valence-electron chi connectivity index (χ0n) is 24.0. The summed E-state index contributed by atoms with van der Waals surface area (Å²) in [6, 6.07) is 24.2. The normalized spacial score (nSPS) is 15.0. The van der Waals surface area contributed by atoms with Gasteiger partial charge in [-0.05, 0) is 68.0 Å². The fraction of sp³-hybridized carbons (Fsp3) is 0.324. The highest BCUT2D eigenvalue weighted by atomic mass is 16.3. The summed E-state index contributed by atoms with van der Waals surface area (Å²) in [5, 5.41) is 6.07. The van der Waals surface area contributed by atoms with Gasteiger partial charge in [-0.2, -0.15) is 0 Å². The van der Waals surface area contributed by atoms with Crippen LogP contribution in [-0.2, 0) is 6.42 Å². The SMILES string of the molecule is Cc1ccccc1N1CCN(c2ccc(C(=O)NCCCc3ccccc3)cc2NC(=O)c2coc(C3CC3)n2)CC1. The predicted octanol–water partition coefficient (Wildman–Crippen LogP) is 5.80. The van der Waals surface area contributed by atoms with Crippen LogP contribution in [0.1, 0.15) is 63.0 Å². The molecule has 0 unspecified atom stereocenters. The van der Waals surface area contributed by atoms with E-state index >= 15 is 0 Å². The number of hydrogen-bond donors (Lipinski definition) is 2. The van der Waals surface area contributed by atoms with Crippen LogP contribution in [0.3, 0.4) is 0 Å². The Kier molecular flexibility index (Phi) is 8.21. The van der Waals surface area contributed by atoms with E-state index in [1.165, 1.54) is 23.1 Å². The Morgan fingerprint density at radius 1 is 0.881 bits per heavy atom. The molecular weight excluding hydrogens is 526 g/mol. The molecule has 42 heavy (non-hydrogen) atoms. The zero-order valence-corrected chi connectivity index (χ0v) is 24.0. The molecule has 2 N–H and O–H groups in total. The minimum absolute atomic E-state index is 0.160. The van der Waals surface area contributed by atoms with Gasteiger partial charge in [0.1, 0.15) is 6.26 Å². The number of piperazine rings is 1. The fourth-order valence-corrected chi connectivity index (χ4v) is 5.50. The van der Waals surface area contributed by atoms with Crippen molar-refractivity contribution in [3.63, 3.8) is 0 Å². The molecule has 1 saturated carbocycles. The van der Waals surface area contributed by atoms with E-state index in [-0.39, 0.29) is 17.5 Å². The molecule has 1 aliphatic heterocycles. The molecule has 8 nitrogen and oxygen atoms in total. The van der Waals surface area contributed by atoms with Crippen LogP contribution in [0.2, 0.25) is 0 Å². The lowest BCUT2D eigenvalue weighted by atomic mass is 10.1. The Morgan fingerprint density at radius 2 is 1.60 bits per heavy atom. The van der Waals surface area contributed by atoms with Gasteiger partial charge in [0.15, 0.2) is 11.6 Å². The third-order valence-corrected chi connectivity index (χ3v) is 8.04. The van der Waals surface area contributed by atoms with E-state index in [1.54, 1.807) is 6.07 Å². The number of para-hydroxylation sites is 1. The molecule has 8 heteroatoms. The van der Waals surface area contributed by atoms with Crippen molar-refractivity contribution in [1.82, 2.24) is 10.3 Å². The Hall–Kier alpha value is -4.59. The molecule has 1 aliphatic carbocycles. The number of benzene rings is 3. The number of carbonyl (C=O) groups excluding carboxylic acids is 2. The van der Waals surface area contributed by atoms with Crippen LogP contribution in [0.25, 0.3) is 0 Å². The maximum Gasteiger partial charge on any atom is 0.277 e. The highest BCUT2D eigenvalue weighted by Crippen LogP contribution is 2.39. The van der Waals surface area contributed by atoms with E-state index in [9.17, 15) is 9.59 Å². The van der Waals surface area contributed by atoms with Crippen molar-refractivity contribution in [2.75, 3.05) is 47.8 Å². The van der Waals surface area contributed by atoms with E-state index in [0.29, 0.717) is 29.6 Å². The number of anilines is 3. The van der Waals surface area contributed by atoms with E-state index in [0.717, 1.165) is 57.5 Å². The van der Waals surface area contributed by atoms with Gasteiger partial charge in [-0.25, -0.2) is 4.98 Å².